The molecule has 1 unspecified atom stereocenters. The van der Waals surface area contributed by atoms with Gasteiger partial charge >= 0.3 is 0 Å². The molecule has 1 aliphatic rings. The second-order valence-electron chi connectivity index (χ2n) is 7.72. The van der Waals surface area contributed by atoms with E-state index in [2.05, 4.69) is 10.6 Å². The number of carbonyl (C=O) groups excluding carboxylic acids is 3. The van der Waals surface area contributed by atoms with Crippen LogP contribution in [-0.2, 0) is 9.59 Å². The lowest BCUT2D eigenvalue weighted by Gasteiger charge is -2.16. The van der Waals surface area contributed by atoms with Crippen LogP contribution in [0.3, 0.4) is 0 Å². The number of nitrogens with zero attached hydrogens (tertiary/aromatic N) is 1. The molecule has 168 valence electrons. The van der Waals surface area contributed by atoms with E-state index in [4.69, 9.17) is 4.74 Å². The Kier molecular flexibility index (Phi) is 6.69. The van der Waals surface area contributed by atoms with Gasteiger partial charge in [0.1, 0.15) is 5.75 Å². The maximum absolute atomic E-state index is 12.7. The summed E-state index contributed by atoms with van der Waals surface area (Å²) in [5.74, 6) is -0.222. The summed E-state index contributed by atoms with van der Waals surface area (Å²) < 4.78 is 5.40. The fraction of sp³-hybridized carbons (Fsp3) is 0.192. The van der Waals surface area contributed by atoms with Crippen LogP contribution in [0, 0.1) is 5.92 Å². The van der Waals surface area contributed by atoms with Crippen molar-refractivity contribution in [2.45, 2.75) is 13.3 Å². The Balaban J connectivity index is 1.33. The Labute approximate surface area is 192 Å². The van der Waals surface area contributed by atoms with Crippen LogP contribution in [0.1, 0.15) is 23.7 Å². The molecule has 7 nitrogen and oxygen atoms in total. The number of benzene rings is 3. The van der Waals surface area contributed by atoms with E-state index in [0.29, 0.717) is 30.1 Å². The molecule has 33 heavy (non-hydrogen) atoms. The topological polar surface area (TPSA) is 87.7 Å². The first kappa shape index (κ1) is 22.1. The smallest absolute Gasteiger partial charge is 0.255 e. The molecule has 4 rings (SSSR count). The minimum Gasteiger partial charge on any atom is -0.494 e. The van der Waals surface area contributed by atoms with E-state index < -0.39 is 5.92 Å². The minimum atomic E-state index is -0.430. The third-order valence-corrected chi connectivity index (χ3v) is 5.40. The number of anilines is 3. The lowest BCUT2D eigenvalue weighted by Crippen LogP contribution is -2.28. The molecule has 0 saturated carbocycles. The van der Waals surface area contributed by atoms with Gasteiger partial charge in [0.2, 0.25) is 11.8 Å². The molecule has 1 atom stereocenters. The van der Waals surface area contributed by atoms with Gasteiger partial charge in [0, 0.05) is 35.6 Å². The van der Waals surface area contributed by atoms with Crippen molar-refractivity contribution in [2.75, 3.05) is 28.7 Å². The van der Waals surface area contributed by atoms with Crippen LogP contribution in [0.25, 0.3) is 0 Å². The second kappa shape index (κ2) is 9.99. The number of hydrogen-bond donors (Lipinski definition) is 2. The lowest BCUT2D eigenvalue weighted by molar-refractivity contribution is -0.122. The van der Waals surface area contributed by atoms with Crippen LogP contribution >= 0.6 is 0 Å². The van der Waals surface area contributed by atoms with Crippen LogP contribution in [0.4, 0.5) is 17.1 Å². The second-order valence-corrected chi connectivity index (χ2v) is 7.72. The van der Waals surface area contributed by atoms with Gasteiger partial charge in [0.05, 0.1) is 12.5 Å². The van der Waals surface area contributed by atoms with Gasteiger partial charge in [0.25, 0.3) is 5.91 Å². The van der Waals surface area contributed by atoms with Crippen LogP contribution in [-0.4, -0.2) is 30.9 Å². The largest absolute Gasteiger partial charge is 0.494 e. The van der Waals surface area contributed by atoms with Crippen molar-refractivity contribution in [3.8, 4) is 5.75 Å². The van der Waals surface area contributed by atoms with Crippen molar-refractivity contribution in [2.24, 2.45) is 5.92 Å². The van der Waals surface area contributed by atoms with Gasteiger partial charge in [-0.2, -0.15) is 0 Å². The summed E-state index contributed by atoms with van der Waals surface area (Å²) in [5.41, 5.74) is 2.49. The predicted molar refractivity (Wildman–Crippen MR) is 128 cm³/mol. The van der Waals surface area contributed by atoms with Gasteiger partial charge in [-0.15, -0.1) is 0 Å². The highest BCUT2D eigenvalue weighted by Crippen LogP contribution is 2.26. The zero-order valence-corrected chi connectivity index (χ0v) is 18.3. The molecule has 0 aromatic heterocycles. The third-order valence-electron chi connectivity index (χ3n) is 5.40. The summed E-state index contributed by atoms with van der Waals surface area (Å²) in [4.78, 5) is 39.2. The van der Waals surface area contributed by atoms with Crippen LogP contribution in [0.2, 0.25) is 0 Å². The fourth-order valence-electron chi connectivity index (χ4n) is 3.69. The van der Waals surface area contributed by atoms with Crippen molar-refractivity contribution >= 4 is 34.8 Å². The van der Waals surface area contributed by atoms with E-state index in [-0.39, 0.29) is 24.1 Å². The number of ether oxygens (including phenoxy) is 1. The maximum atomic E-state index is 12.7. The van der Waals surface area contributed by atoms with Gasteiger partial charge in [-0.25, -0.2) is 0 Å². The molecule has 1 heterocycles. The van der Waals surface area contributed by atoms with Gasteiger partial charge < -0.3 is 20.3 Å². The molecule has 1 saturated heterocycles. The van der Waals surface area contributed by atoms with Crippen LogP contribution in [0.5, 0.6) is 5.75 Å². The van der Waals surface area contributed by atoms with Crippen LogP contribution < -0.4 is 20.3 Å². The van der Waals surface area contributed by atoms with Gasteiger partial charge in [-0.3, -0.25) is 14.4 Å². The molecule has 7 heteroatoms. The van der Waals surface area contributed by atoms with E-state index in [1.165, 1.54) is 0 Å². The number of para-hydroxylation sites is 1. The quantitative estimate of drug-likeness (QED) is 0.569. The molecule has 3 aromatic carbocycles. The molecule has 0 aliphatic carbocycles. The van der Waals surface area contributed by atoms with Crippen molar-refractivity contribution in [3.05, 3.63) is 84.4 Å². The van der Waals surface area contributed by atoms with Crippen molar-refractivity contribution in [1.29, 1.82) is 0 Å². The average Bonchev–Trinajstić information content (AvgIpc) is 3.23. The first-order chi connectivity index (χ1) is 16.0. The number of nitrogens with one attached hydrogen (secondary N) is 2. The SMILES string of the molecule is CCOc1ccc(NC(=O)c2ccc(NC(=O)C3CC(=O)N(c4ccccc4)C3)cc2)cc1. The first-order valence-electron chi connectivity index (χ1n) is 10.8. The summed E-state index contributed by atoms with van der Waals surface area (Å²) in [6.45, 7) is 2.84. The van der Waals surface area contributed by atoms with E-state index in [0.717, 1.165) is 11.4 Å². The van der Waals surface area contributed by atoms with Gasteiger partial charge in [-0.05, 0) is 67.6 Å². The Morgan fingerprint density at radius 2 is 1.55 bits per heavy atom. The number of carbonyl (C=O) groups is 3. The normalized spacial score (nSPS) is 15.2. The average molecular weight is 444 g/mol. The molecule has 0 bridgehead atoms. The zero-order valence-electron chi connectivity index (χ0n) is 18.3. The Morgan fingerprint density at radius 1 is 0.909 bits per heavy atom. The summed E-state index contributed by atoms with van der Waals surface area (Å²) in [5, 5.41) is 5.68. The van der Waals surface area contributed by atoms with Crippen molar-refractivity contribution in [3.63, 3.8) is 0 Å². The molecular weight excluding hydrogens is 418 g/mol. The molecular formula is C26H25N3O4. The first-order valence-corrected chi connectivity index (χ1v) is 10.8. The van der Waals surface area contributed by atoms with Crippen molar-refractivity contribution < 1.29 is 19.1 Å². The summed E-state index contributed by atoms with van der Waals surface area (Å²) in [7, 11) is 0. The standard InChI is InChI=1S/C26H25N3O4/c1-2-33-23-14-12-21(13-15-23)27-25(31)18-8-10-20(11-9-18)28-26(32)19-16-24(30)29(17-19)22-6-4-3-5-7-22/h3-15,19H,2,16-17H2,1H3,(H,27,31)(H,28,32). The number of hydrogen-bond acceptors (Lipinski definition) is 4. The Morgan fingerprint density at radius 3 is 2.21 bits per heavy atom. The van der Waals surface area contributed by atoms with E-state index in [9.17, 15) is 14.4 Å². The molecule has 3 amide bonds. The van der Waals surface area contributed by atoms with Gasteiger partial charge in [-0.1, -0.05) is 18.2 Å². The highest BCUT2D eigenvalue weighted by molar-refractivity contribution is 6.05. The Hall–Kier alpha value is -4.13. The van der Waals surface area contributed by atoms with E-state index in [1.807, 2.05) is 37.3 Å². The Bertz CT molecular complexity index is 1130. The lowest BCUT2D eigenvalue weighted by atomic mass is 10.1. The number of amides is 3. The number of rotatable bonds is 7. The molecule has 2 N–H and O–H groups in total. The zero-order chi connectivity index (χ0) is 23.2. The molecule has 1 aliphatic heterocycles. The predicted octanol–water partition coefficient (Wildman–Crippen LogP) is 4.33. The summed E-state index contributed by atoms with van der Waals surface area (Å²) in [6, 6.07) is 23.1. The highest BCUT2D eigenvalue weighted by atomic mass is 16.5. The monoisotopic (exact) mass is 443 g/mol. The molecule has 0 spiro atoms. The van der Waals surface area contributed by atoms with Crippen molar-refractivity contribution in [1.82, 2.24) is 0 Å². The summed E-state index contributed by atoms with van der Waals surface area (Å²) >= 11 is 0. The highest BCUT2D eigenvalue weighted by Gasteiger charge is 2.35. The third kappa shape index (κ3) is 5.38. The molecule has 0 radical (unpaired) electrons. The molecule has 1 fully saturated rings. The maximum Gasteiger partial charge on any atom is 0.255 e. The van der Waals surface area contributed by atoms with E-state index >= 15 is 0 Å². The summed E-state index contributed by atoms with van der Waals surface area (Å²) in [6.07, 6.45) is 0.170. The van der Waals surface area contributed by atoms with Crippen LogP contribution in [0.15, 0.2) is 78.9 Å². The fourth-order valence-corrected chi connectivity index (χ4v) is 3.69. The molecule has 3 aromatic rings. The van der Waals surface area contributed by atoms with E-state index in [1.54, 1.807) is 53.4 Å². The van der Waals surface area contributed by atoms with Gasteiger partial charge in [0.15, 0.2) is 0 Å². The minimum absolute atomic E-state index is 0.0670.